The molecule has 0 atom stereocenters. The van der Waals surface area contributed by atoms with Gasteiger partial charge < -0.3 is 0 Å². The lowest BCUT2D eigenvalue weighted by molar-refractivity contribution is 1.67. The van der Waals surface area contributed by atoms with E-state index in [1.807, 2.05) is 0 Å². The second kappa shape index (κ2) is 8.01. The third-order valence-electron chi connectivity index (χ3n) is 10.3. The largest absolute Gasteiger partial charge is 0.0622 e. The molecular weight excluding hydrogens is 528 g/mol. The van der Waals surface area contributed by atoms with Gasteiger partial charge in [-0.3, -0.25) is 0 Å². The van der Waals surface area contributed by atoms with Crippen LogP contribution in [0, 0.1) is 0 Å². The molecule has 0 heteroatoms. The maximum absolute atomic E-state index is 2.48. The Balaban J connectivity index is 1.28. The van der Waals surface area contributed by atoms with Crippen LogP contribution in [0.1, 0.15) is 0 Å². The van der Waals surface area contributed by atoms with Crippen molar-refractivity contribution in [3.63, 3.8) is 0 Å². The van der Waals surface area contributed by atoms with Crippen molar-refractivity contribution < 1.29 is 0 Å². The molecule has 2 aliphatic rings. The monoisotopic (exact) mass is 552 g/mol. The average Bonchev–Trinajstić information content (AvgIpc) is 3.57. The molecule has 0 unspecified atom stereocenters. The highest BCUT2D eigenvalue weighted by Crippen LogP contribution is 2.52. The highest BCUT2D eigenvalue weighted by Gasteiger charge is 2.25. The van der Waals surface area contributed by atoms with Crippen molar-refractivity contribution in [1.82, 2.24) is 0 Å². The van der Waals surface area contributed by atoms with Gasteiger partial charge in [-0.25, -0.2) is 0 Å². The van der Waals surface area contributed by atoms with Crippen LogP contribution < -0.4 is 0 Å². The van der Waals surface area contributed by atoms with Gasteiger partial charge in [-0.15, -0.1) is 0 Å². The summed E-state index contributed by atoms with van der Waals surface area (Å²) in [6.07, 6.45) is 0. The Bertz CT molecular complexity index is 2730. The Labute approximate surface area is 254 Å². The quantitative estimate of drug-likeness (QED) is 0.178. The molecule has 9 aromatic rings. The van der Waals surface area contributed by atoms with Crippen molar-refractivity contribution in [2.45, 2.75) is 0 Å². The lowest BCUT2D eigenvalue weighted by atomic mass is 9.87. The number of rotatable bonds is 1. The van der Waals surface area contributed by atoms with Gasteiger partial charge in [0.15, 0.2) is 0 Å². The average molecular weight is 553 g/mol. The number of hydrogen-bond donors (Lipinski definition) is 0. The van der Waals surface area contributed by atoms with Gasteiger partial charge in [-0.1, -0.05) is 115 Å². The molecule has 0 bridgehead atoms. The summed E-state index contributed by atoms with van der Waals surface area (Å²) >= 11 is 0. The summed E-state index contributed by atoms with van der Waals surface area (Å²) in [5, 5.41) is 13.2. The van der Waals surface area contributed by atoms with Crippen LogP contribution in [0.2, 0.25) is 0 Å². The van der Waals surface area contributed by atoms with Gasteiger partial charge in [-0.2, -0.15) is 0 Å². The van der Waals surface area contributed by atoms with Crippen molar-refractivity contribution in [1.29, 1.82) is 0 Å². The minimum atomic E-state index is 1.25. The summed E-state index contributed by atoms with van der Waals surface area (Å²) in [5.74, 6) is 0. The molecule has 0 saturated carbocycles. The summed E-state index contributed by atoms with van der Waals surface area (Å²) in [6, 6.07) is 54.8. The Hall–Kier alpha value is -5.72. The minimum Gasteiger partial charge on any atom is -0.0622 e. The molecule has 0 fully saturated rings. The highest BCUT2D eigenvalue weighted by molar-refractivity contribution is 6.27. The first-order chi connectivity index (χ1) is 21.8. The number of hydrogen-bond acceptors (Lipinski definition) is 0. The molecule has 200 valence electrons. The molecule has 0 heterocycles. The van der Waals surface area contributed by atoms with E-state index in [1.165, 1.54) is 109 Å². The standard InChI is InChI=1S/C44H24/c1-2-8-25(9-3-1)34-21-37-29(38-23-40-32-16-6-12-27-13-7-17-33(44(27)32)41(40)24-42(34)38)19-18-28-20-36-30-14-4-10-26-11-5-15-31(43(26)30)39(36)22-35(28)37/h1-24H. The predicted molar refractivity (Wildman–Crippen MR) is 188 cm³/mol. The van der Waals surface area contributed by atoms with Gasteiger partial charge in [0.05, 0.1) is 0 Å². The van der Waals surface area contributed by atoms with Gasteiger partial charge in [-0.05, 0) is 140 Å². The molecule has 0 saturated heterocycles. The predicted octanol–water partition coefficient (Wildman–Crippen LogP) is 12.4. The van der Waals surface area contributed by atoms with Crippen molar-refractivity contribution >= 4 is 53.9 Å². The zero-order chi connectivity index (χ0) is 28.5. The van der Waals surface area contributed by atoms with Crippen LogP contribution >= 0.6 is 0 Å². The zero-order valence-corrected chi connectivity index (χ0v) is 23.9. The molecule has 0 N–H and O–H groups in total. The summed E-state index contributed by atoms with van der Waals surface area (Å²) in [6.45, 7) is 0. The van der Waals surface area contributed by atoms with Crippen molar-refractivity contribution in [2.75, 3.05) is 0 Å². The number of fused-ring (bicyclic) bond motifs is 11. The van der Waals surface area contributed by atoms with Gasteiger partial charge in [0.1, 0.15) is 0 Å². The van der Waals surface area contributed by atoms with E-state index >= 15 is 0 Å². The maximum atomic E-state index is 2.48. The zero-order valence-electron chi connectivity index (χ0n) is 23.9. The van der Waals surface area contributed by atoms with E-state index < -0.39 is 0 Å². The molecule has 0 spiro atoms. The molecule has 9 aromatic carbocycles. The molecule has 0 nitrogen and oxygen atoms in total. The lowest BCUT2D eigenvalue weighted by Gasteiger charge is -2.16. The Morgan fingerprint density at radius 2 is 0.705 bits per heavy atom. The van der Waals surface area contributed by atoms with E-state index in [0.717, 1.165) is 0 Å². The first-order valence-electron chi connectivity index (χ1n) is 15.4. The Kier molecular flexibility index (Phi) is 4.15. The van der Waals surface area contributed by atoms with E-state index in [-0.39, 0.29) is 0 Å². The van der Waals surface area contributed by atoms with Gasteiger partial charge in [0, 0.05) is 0 Å². The van der Waals surface area contributed by atoms with Crippen molar-refractivity contribution in [2.24, 2.45) is 0 Å². The molecule has 11 rings (SSSR count). The smallest absolute Gasteiger partial charge is 0.00264 e. The Morgan fingerprint density at radius 3 is 1.30 bits per heavy atom. The molecule has 0 amide bonds. The van der Waals surface area contributed by atoms with Gasteiger partial charge >= 0.3 is 0 Å². The van der Waals surface area contributed by atoms with Crippen LogP contribution in [0.5, 0.6) is 0 Å². The molecule has 44 heavy (non-hydrogen) atoms. The molecule has 0 aliphatic heterocycles. The van der Waals surface area contributed by atoms with E-state index in [4.69, 9.17) is 0 Å². The van der Waals surface area contributed by atoms with Crippen LogP contribution in [0.15, 0.2) is 146 Å². The third kappa shape index (κ3) is 2.79. The normalized spacial score (nSPS) is 12.5. The molecule has 0 aromatic heterocycles. The fourth-order valence-electron chi connectivity index (χ4n) is 8.38. The van der Waals surface area contributed by atoms with Gasteiger partial charge in [0.2, 0.25) is 0 Å². The van der Waals surface area contributed by atoms with Crippen LogP contribution in [-0.4, -0.2) is 0 Å². The summed E-state index contributed by atoms with van der Waals surface area (Å²) in [5.41, 5.74) is 13.3. The number of benzene rings is 9. The first kappa shape index (κ1) is 22.8. The second-order valence-corrected chi connectivity index (χ2v) is 12.4. The van der Waals surface area contributed by atoms with Crippen LogP contribution in [0.25, 0.3) is 109 Å². The maximum Gasteiger partial charge on any atom is -0.00264 e. The molecule has 2 aliphatic carbocycles. The minimum absolute atomic E-state index is 1.25. The summed E-state index contributed by atoms with van der Waals surface area (Å²) in [7, 11) is 0. The second-order valence-electron chi connectivity index (χ2n) is 12.4. The summed E-state index contributed by atoms with van der Waals surface area (Å²) < 4.78 is 0. The lowest BCUT2D eigenvalue weighted by Crippen LogP contribution is -1.89. The molecular formula is C44H24. The van der Waals surface area contributed by atoms with E-state index in [0.29, 0.717) is 0 Å². The fraction of sp³-hybridized carbons (Fsp3) is 0. The van der Waals surface area contributed by atoms with Gasteiger partial charge in [0.25, 0.3) is 0 Å². The van der Waals surface area contributed by atoms with Crippen LogP contribution in [0.3, 0.4) is 0 Å². The summed E-state index contributed by atoms with van der Waals surface area (Å²) in [4.78, 5) is 0. The van der Waals surface area contributed by atoms with Crippen LogP contribution in [-0.2, 0) is 0 Å². The van der Waals surface area contributed by atoms with Crippen LogP contribution in [0.4, 0.5) is 0 Å². The fourth-order valence-corrected chi connectivity index (χ4v) is 8.38. The van der Waals surface area contributed by atoms with Crippen molar-refractivity contribution in [3.8, 4) is 55.6 Å². The highest BCUT2D eigenvalue weighted by atomic mass is 14.3. The van der Waals surface area contributed by atoms with E-state index in [1.54, 1.807) is 0 Å². The topological polar surface area (TPSA) is 0 Å². The molecule has 0 radical (unpaired) electrons. The first-order valence-corrected chi connectivity index (χ1v) is 15.4. The van der Waals surface area contributed by atoms with E-state index in [2.05, 4.69) is 146 Å². The SMILES string of the molecule is c1ccc(-c2cc3c4cc5c(cc4ccc3c3cc4c(cc23)-c2cccc3cccc-4c23)-c2cccc3cccc-5c23)cc1. The third-order valence-corrected chi connectivity index (χ3v) is 10.3. The van der Waals surface area contributed by atoms with Crippen molar-refractivity contribution in [3.05, 3.63) is 146 Å². The Morgan fingerprint density at radius 1 is 0.227 bits per heavy atom. The van der Waals surface area contributed by atoms with E-state index in [9.17, 15) is 0 Å².